The van der Waals surface area contributed by atoms with Crippen LogP contribution in [0.25, 0.3) is 42.3 Å². The smallest absolute Gasteiger partial charge is 0.194 e. The first kappa shape index (κ1) is 20.3. The average molecular weight is 471 g/mol. The van der Waals surface area contributed by atoms with Crippen molar-refractivity contribution >= 4 is 60.3 Å². The van der Waals surface area contributed by atoms with E-state index in [1.165, 1.54) is 21.2 Å². The summed E-state index contributed by atoms with van der Waals surface area (Å²) in [6.07, 6.45) is 1.82. The maximum Gasteiger partial charge on any atom is 0.194 e. The van der Waals surface area contributed by atoms with Crippen LogP contribution in [0.4, 0.5) is 0 Å². The predicted octanol–water partition coefficient (Wildman–Crippen LogP) is 7.86. The lowest BCUT2D eigenvalue weighted by atomic mass is 9.99. The molecule has 158 valence electrons. The summed E-state index contributed by atoms with van der Waals surface area (Å²) >= 11 is 3.34. The standard InChI is InChI=1S/C29H14N2OS2/c30-15-18(16-31)28-22-9-3-4-10-23(22)29(32)24(28)12-19-13-26-27(33-19)14-25(34-26)21-11-5-7-17-6-1-2-8-20(17)21/h1-14H/b24-12-. The van der Waals surface area contributed by atoms with Gasteiger partial charge in [0.15, 0.2) is 5.78 Å². The van der Waals surface area contributed by atoms with Crippen LogP contribution in [0.3, 0.4) is 0 Å². The first-order valence-corrected chi connectivity index (χ1v) is 12.2. The number of benzene rings is 3. The van der Waals surface area contributed by atoms with Crippen LogP contribution in [0.5, 0.6) is 0 Å². The highest BCUT2D eigenvalue weighted by Crippen LogP contribution is 2.43. The third kappa shape index (κ3) is 3.11. The van der Waals surface area contributed by atoms with Gasteiger partial charge in [-0.15, -0.1) is 22.7 Å². The summed E-state index contributed by atoms with van der Waals surface area (Å²) in [4.78, 5) is 15.3. The van der Waals surface area contributed by atoms with Gasteiger partial charge in [-0.05, 0) is 40.1 Å². The van der Waals surface area contributed by atoms with E-state index in [1.54, 1.807) is 40.9 Å². The minimum atomic E-state index is -0.151. The molecule has 0 N–H and O–H groups in total. The van der Waals surface area contributed by atoms with Gasteiger partial charge in [-0.2, -0.15) is 10.5 Å². The molecule has 5 heteroatoms. The van der Waals surface area contributed by atoms with Crippen LogP contribution in [0.15, 0.2) is 90.0 Å². The van der Waals surface area contributed by atoms with E-state index in [0.29, 0.717) is 22.3 Å². The van der Waals surface area contributed by atoms with Crippen molar-refractivity contribution in [3.8, 4) is 22.6 Å². The molecule has 2 heterocycles. The molecular weight excluding hydrogens is 456 g/mol. The molecule has 0 fully saturated rings. The van der Waals surface area contributed by atoms with Gasteiger partial charge >= 0.3 is 0 Å². The van der Waals surface area contributed by atoms with Crippen LogP contribution in [0.2, 0.25) is 0 Å². The molecule has 0 saturated carbocycles. The number of carbonyl (C=O) groups excluding carboxylic acids is 1. The number of Topliss-reactive ketones (excluding diaryl/α,β-unsaturated/α-hetero) is 1. The van der Waals surface area contributed by atoms with E-state index in [4.69, 9.17) is 0 Å². The number of ketones is 1. The van der Waals surface area contributed by atoms with Crippen molar-refractivity contribution in [2.45, 2.75) is 0 Å². The zero-order chi connectivity index (χ0) is 23.2. The molecule has 0 aliphatic heterocycles. The summed E-state index contributed by atoms with van der Waals surface area (Å²) in [5, 5.41) is 21.5. The Morgan fingerprint density at radius 2 is 1.44 bits per heavy atom. The van der Waals surface area contributed by atoms with Gasteiger partial charge in [0.2, 0.25) is 0 Å². The highest BCUT2D eigenvalue weighted by Gasteiger charge is 2.32. The molecule has 0 atom stereocenters. The molecule has 34 heavy (non-hydrogen) atoms. The number of nitrogens with zero attached hydrogens (tertiary/aromatic N) is 2. The molecule has 0 radical (unpaired) electrons. The molecule has 2 aromatic heterocycles. The molecule has 1 aliphatic carbocycles. The Balaban J connectivity index is 1.46. The van der Waals surface area contributed by atoms with Crippen LogP contribution >= 0.6 is 22.7 Å². The summed E-state index contributed by atoms with van der Waals surface area (Å²) in [5.41, 5.74) is 3.19. The zero-order valence-electron chi connectivity index (χ0n) is 17.7. The average Bonchev–Trinajstić information content (AvgIpc) is 3.51. The van der Waals surface area contributed by atoms with Gasteiger partial charge in [-0.25, -0.2) is 0 Å². The quantitative estimate of drug-likeness (QED) is 0.195. The molecule has 0 bridgehead atoms. The summed E-state index contributed by atoms with van der Waals surface area (Å²) in [6, 6.07) is 30.1. The normalized spacial score (nSPS) is 13.9. The lowest BCUT2D eigenvalue weighted by molar-refractivity contribution is 0.104. The van der Waals surface area contributed by atoms with Gasteiger partial charge in [0.05, 0.1) is 0 Å². The molecule has 0 unspecified atom stereocenters. The Kier molecular flexibility index (Phi) is 4.74. The third-order valence-corrected chi connectivity index (χ3v) is 8.27. The fourth-order valence-electron chi connectivity index (χ4n) is 4.49. The highest BCUT2D eigenvalue weighted by atomic mass is 32.1. The van der Waals surface area contributed by atoms with E-state index >= 15 is 0 Å². The van der Waals surface area contributed by atoms with Gasteiger partial charge in [0.1, 0.15) is 17.7 Å². The van der Waals surface area contributed by atoms with Crippen molar-refractivity contribution in [3.63, 3.8) is 0 Å². The largest absolute Gasteiger partial charge is 0.289 e. The highest BCUT2D eigenvalue weighted by molar-refractivity contribution is 7.29. The van der Waals surface area contributed by atoms with Crippen molar-refractivity contribution in [1.29, 1.82) is 10.5 Å². The molecule has 0 spiro atoms. The van der Waals surface area contributed by atoms with Crippen molar-refractivity contribution in [2.75, 3.05) is 0 Å². The van der Waals surface area contributed by atoms with Gasteiger partial charge < -0.3 is 0 Å². The first-order chi connectivity index (χ1) is 16.7. The number of hydrogen-bond donors (Lipinski definition) is 0. The van der Waals surface area contributed by atoms with Gasteiger partial charge in [-0.3, -0.25) is 4.79 Å². The van der Waals surface area contributed by atoms with E-state index in [0.717, 1.165) is 14.3 Å². The minimum absolute atomic E-state index is 0.0406. The molecule has 3 aromatic carbocycles. The second kappa shape index (κ2) is 7.93. The second-order valence-electron chi connectivity index (χ2n) is 7.92. The van der Waals surface area contributed by atoms with Crippen molar-refractivity contribution < 1.29 is 4.79 Å². The molecule has 0 saturated heterocycles. The number of rotatable bonds is 2. The molecule has 0 amide bonds. The lowest BCUT2D eigenvalue weighted by Crippen LogP contribution is -1.95. The molecule has 3 nitrogen and oxygen atoms in total. The summed E-state index contributed by atoms with van der Waals surface area (Å²) < 4.78 is 2.29. The summed E-state index contributed by atoms with van der Waals surface area (Å²) in [7, 11) is 0. The lowest BCUT2D eigenvalue weighted by Gasteiger charge is -2.03. The van der Waals surface area contributed by atoms with Gasteiger partial charge in [-0.1, -0.05) is 66.7 Å². The Labute approximate surface area is 203 Å². The number of allylic oxidation sites excluding steroid dienone is 3. The Morgan fingerprint density at radius 1 is 0.765 bits per heavy atom. The number of hydrogen-bond acceptors (Lipinski definition) is 5. The van der Waals surface area contributed by atoms with E-state index < -0.39 is 0 Å². The molecule has 5 aromatic rings. The van der Waals surface area contributed by atoms with Crippen LogP contribution in [-0.4, -0.2) is 5.78 Å². The van der Waals surface area contributed by atoms with E-state index in [9.17, 15) is 15.3 Å². The van der Waals surface area contributed by atoms with Crippen molar-refractivity contribution in [1.82, 2.24) is 0 Å². The summed E-state index contributed by atoms with van der Waals surface area (Å²) in [5.74, 6) is -0.151. The van der Waals surface area contributed by atoms with Gasteiger partial charge in [0.25, 0.3) is 0 Å². The third-order valence-electron chi connectivity index (χ3n) is 6.00. The van der Waals surface area contributed by atoms with Crippen molar-refractivity contribution in [3.05, 3.63) is 106 Å². The first-order valence-electron chi connectivity index (χ1n) is 10.6. The van der Waals surface area contributed by atoms with Crippen LogP contribution in [0.1, 0.15) is 20.8 Å². The molecule has 6 rings (SSSR count). The maximum atomic E-state index is 13.2. The minimum Gasteiger partial charge on any atom is -0.289 e. The topological polar surface area (TPSA) is 64.7 Å². The van der Waals surface area contributed by atoms with Crippen molar-refractivity contribution in [2.24, 2.45) is 0 Å². The fourth-order valence-corrected chi connectivity index (χ4v) is 6.88. The van der Waals surface area contributed by atoms with Crippen LogP contribution in [0, 0.1) is 22.7 Å². The van der Waals surface area contributed by atoms with Crippen LogP contribution < -0.4 is 0 Å². The Morgan fingerprint density at radius 3 is 2.24 bits per heavy atom. The fraction of sp³-hybridized carbons (Fsp3) is 0. The SMILES string of the molecule is N#CC(C#N)=C1/C(=C/c2cc3sc(-c4cccc5ccccc45)cc3s2)C(=O)c2ccccc21. The Bertz CT molecular complexity index is 1750. The molecular formula is C29H14N2OS2. The number of nitriles is 2. The zero-order valence-corrected chi connectivity index (χ0v) is 19.3. The second-order valence-corrected chi connectivity index (χ2v) is 10.1. The number of fused-ring (bicyclic) bond motifs is 3. The monoisotopic (exact) mass is 470 g/mol. The molecule has 1 aliphatic rings. The Hall–Kier alpha value is -4.29. The van der Waals surface area contributed by atoms with E-state index in [-0.39, 0.29) is 11.4 Å². The number of thiophene rings is 2. The van der Waals surface area contributed by atoms with Gasteiger partial charge in [0, 0.05) is 35.9 Å². The van der Waals surface area contributed by atoms with Crippen LogP contribution in [-0.2, 0) is 0 Å². The predicted molar refractivity (Wildman–Crippen MR) is 140 cm³/mol. The number of carbonyl (C=O) groups is 1. The summed E-state index contributed by atoms with van der Waals surface area (Å²) in [6.45, 7) is 0. The maximum absolute atomic E-state index is 13.2. The van der Waals surface area contributed by atoms with E-state index in [2.05, 4.69) is 48.5 Å². The van der Waals surface area contributed by atoms with E-state index in [1.807, 2.05) is 30.3 Å².